The Labute approximate surface area is 147 Å². The van der Waals surface area contributed by atoms with Gasteiger partial charge in [0.25, 0.3) is 0 Å². The molecule has 1 unspecified atom stereocenters. The summed E-state index contributed by atoms with van der Waals surface area (Å²) in [5.74, 6) is 0. The minimum absolute atomic E-state index is 0.223. The first-order chi connectivity index (χ1) is 11.0. The van der Waals surface area contributed by atoms with Crippen LogP contribution in [0.5, 0.6) is 0 Å². The van der Waals surface area contributed by atoms with Crippen molar-refractivity contribution in [2.75, 3.05) is 5.32 Å². The molecule has 0 saturated carbocycles. The number of hydrogen-bond donors (Lipinski definition) is 1. The minimum atomic E-state index is -0.223. The molecule has 0 amide bonds. The van der Waals surface area contributed by atoms with Crippen LogP contribution in [0.15, 0.2) is 65.2 Å². The lowest BCUT2D eigenvalue weighted by atomic mass is 9.83. The fourth-order valence-electron chi connectivity index (χ4n) is 3.40. The zero-order valence-electron chi connectivity index (χ0n) is 13.9. The number of hydrogen-bond acceptors (Lipinski definition) is 1. The summed E-state index contributed by atoms with van der Waals surface area (Å²) < 4.78 is 1.13. The van der Waals surface area contributed by atoms with Crippen LogP contribution in [-0.4, -0.2) is 0 Å². The molecule has 3 rings (SSSR count). The fourth-order valence-corrected chi connectivity index (χ4v) is 4.04. The van der Waals surface area contributed by atoms with Crippen LogP contribution in [0.1, 0.15) is 28.7 Å². The normalized spacial score (nSPS) is 19.8. The number of anilines is 1. The van der Waals surface area contributed by atoms with Crippen LogP contribution in [-0.2, 0) is 5.54 Å². The number of aryl methyl sites for hydroxylation is 3. The molecule has 0 spiro atoms. The van der Waals surface area contributed by atoms with E-state index >= 15 is 0 Å². The zero-order chi connectivity index (χ0) is 16.4. The molecule has 0 bridgehead atoms. The van der Waals surface area contributed by atoms with Crippen LogP contribution < -0.4 is 5.32 Å². The third kappa shape index (κ3) is 3.13. The van der Waals surface area contributed by atoms with Crippen LogP contribution in [0, 0.1) is 20.8 Å². The second-order valence-electron chi connectivity index (χ2n) is 6.34. The maximum atomic E-state index is 3.85. The monoisotopic (exact) mass is 367 g/mol. The van der Waals surface area contributed by atoms with Crippen LogP contribution >= 0.6 is 15.9 Å². The molecule has 0 fully saturated rings. The van der Waals surface area contributed by atoms with E-state index in [1.165, 1.54) is 27.9 Å². The van der Waals surface area contributed by atoms with E-state index in [0.717, 1.165) is 10.9 Å². The third-order valence-electron chi connectivity index (χ3n) is 4.45. The molecule has 1 N–H and O–H groups in total. The maximum absolute atomic E-state index is 3.85. The van der Waals surface area contributed by atoms with E-state index in [-0.39, 0.29) is 5.54 Å². The van der Waals surface area contributed by atoms with Crippen LogP contribution in [0.4, 0.5) is 5.69 Å². The number of halogens is 1. The molecule has 0 heterocycles. The summed E-state index contributed by atoms with van der Waals surface area (Å²) in [5, 5.41) is 3.85. The van der Waals surface area contributed by atoms with E-state index < -0.39 is 0 Å². The molecule has 1 aliphatic carbocycles. The summed E-state index contributed by atoms with van der Waals surface area (Å²) in [6.45, 7) is 6.51. The van der Waals surface area contributed by atoms with E-state index in [1.807, 2.05) is 0 Å². The van der Waals surface area contributed by atoms with Gasteiger partial charge in [0.1, 0.15) is 0 Å². The summed E-state index contributed by atoms with van der Waals surface area (Å²) in [7, 11) is 0. The Balaban J connectivity index is 2.11. The predicted octanol–water partition coefficient (Wildman–Crippen LogP) is 6.20. The summed E-state index contributed by atoms with van der Waals surface area (Å²) in [5.41, 5.74) is 6.15. The average Bonchev–Trinajstić information content (AvgIpc) is 2.52. The Hall–Kier alpha value is -1.80. The van der Waals surface area contributed by atoms with Gasteiger partial charge in [0.2, 0.25) is 0 Å². The van der Waals surface area contributed by atoms with Gasteiger partial charge in [-0.3, -0.25) is 0 Å². The molecule has 2 aromatic rings. The number of nitrogens with one attached hydrogen (secondary N) is 1. The SMILES string of the molecule is Cc1cc(C)c(NC2(c3ccccc3Br)C=CC=CC2)c(C)c1. The first-order valence-electron chi connectivity index (χ1n) is 7.97. The molecule has 0 aromatic heterocycles. The summed E-state index contributed by atoms with van der Waals surface area (Å²) >= 11 is 3.73. The highest BCUT2D eigenvalue weighted by Crippen LogP contribution is 2.39. The second kappa shape index (κ2) is 6.37. The van der Waals surface area contributed by atoms with Gasteiger partial charge < -0.3 is 5.32 Å². The van der Waals surface area contributed by atoms with Gasteiger partial charge in [-0.2, -0.15) is 0 Å². The lowest BCUT2D eigenvalue weighted by Crippen LogP contribution is -2.34. The molecule has 0 aliphatic heterocycles. The van der Waals surface area contributed by atoms with Gasteiger partial charge in [0.15, 0.2) is 0 Å². The largest absolute Gasteiger partial charge is 0.371 e. The first-order valence-corrected chi connectivity index (χ1v) is 8.76. The molecule has 0 radical (unpaired) electrons. The van der Waals surface area contributed by atoms with E-state index in [4.69, 9.17) is 0 Å². The number of allylic oxidation sites excluding steroid dienone is 2. The molecule has 2 aromatic carbocycles. The molecule has 1 nitrogen and oxygen atoms in total. The predicted molar refractivity (Wildman–Crippen MR) is 103 cm³/mol. The average molecular weight is 368 g/mol. The molecular formula is C21H22BrN. The number of benzene rings is 2. The van der Waals surface area contributed by atoms with E-state index in [1.54, 1.807) is 0 Å². The van der Waals surface area contributed by atoms with Crippen molar-refractivity contribution in [2.24, 2.45) is 0 Å². The van der Waals surface area contributed by atoms with Crippen molar-refractivity contribution in [3.8, 4) is 0 Å². The van der Waals surface area contributed by atoms with Crippen molar-refractivity contribution in [1.29, 1.82) is 0 Å². The van der Waals surface area contributed by atoms with Crippen LogP contribution in [0.25, 0.3) is 0 Å². The lowest BCUT2D eigenvalue weighted by molar-refractivity contribution is 0.613. The first kappa shape index (κ1) is 16.1. The Kier molecular flexibility index (Phi) is 4.45. The molecule has 23 heavy (non-hydrogen) atoms. The van der Waals surface area contributed by atoms with Gasteiger partial charge in [0.05, 0.1) is 5.54 Å². The van der Waals surface area contributed by atoms with Crippen molar-refractivity contribution < 1.29 is 0 Å². The quantitative estimate of drug-likeness (QED) is 0.680. The van der Waals surface area contributed by atoms with Gasteiger partial charge in [-0.15, -0.1) is 0 Å². The topological polar surface area (TPSA) is 12.0 Å². The van der Waals surface area contributed by atoms with E-state index in [0.29, 0.717) is 0 Å². The highest BCUT2D eigenvalue weighted by Gasteiger charge is 2.31. The molecule has 118 valence electrons. The summed E-state index contributed by atoms with van der Waals surface area (Å²) in [6.07, 6.45) is 9.68. The Morgan fingerprint density at radius 3 is 2.30 bits per heavy atom. The Morgan fingerprint density at radius 2 is 1.70 bits per heavy atom. The Bertz CT molecular complexity index is 765. The highest BCUT2D eigenvalue weighted by molar-refractivity contribution is 9.10. The highest BCUT2D eigenvalue weighted by atomic mass is 79.9. The van der Waals surface area contributed by atoms with Gasteiger partial charge in [-0.1, -0.05) is 76.1 Å². The van der Waals surface area contributed by atoms with Gasteiger partial charge >= 0.3 is 0 Å². The minimum Gasteiger partial charge on any atom is -0.371 e. The summed E-state index contributed by atoms with van der Waals surface area (Å²) in [6, 6.07) is 13.0. The van der Waals surface area contributed by atoms with E-state index in [9.17, 15) is 0 Å². The van der Waals surface area contributed by atoms with Crippen LogP contribution in [0.2, 0.25) is 0 Å². The standard InChI is InChI=1S/C21H22BrN/c1-15-13-16(2)20(17(3)14-15)23-21(11-7-4-8-12-21)18-9-5-6-10-19(18)22/h4-11,13-14,23H,12H2,1-3H3. The smallest absolute Gasteiger partial charge is 0.0858 e. The molecule has 2 heteroatoms. The molecule has 0 saturated heterocycles. The maximum Gasteiger partial charge on any atom is 0.0858 e. The van der Waals surface area contributed by atoms with Gasteiger partial charge in [0, 0.05) is 10.2 Å². The lowest BCUT2D eigenvalue weighted by Gasteiger charge is -2.36. The number of rotatable bonds is 3. The van der Waals surface area contributed by atoms with E-state index in [2.05, 4.69) is 103 Å². The molecule has 1 atom stereocenters. The van der Waals surface area contributed by atoms with Gasteiger partial charge in [-0.25, -0.2) is 0 Å². The van der Waals surface area contributed by atoms with Crippen molar-refractivity contribution in [1.82, 2.24) is 0 Å². The molecule has 1 aliphatic rings. The fraction of sp³-hybridized carbons (Fsp3) is 0.238. The van der Waals surface area contributed by atoms with Crippen molar-refractivity contribution in [3.63, 3.8) is 0 Å². The van der Waals surface area contributed by atoms with Crippen molar-refractivity contribution in [2.45, 2.75) is 32.7 Å². The van der Waals surface area contributed by atoms with Crippen molar-refractivity contribution in [3.05, 3.63) is 87.4 Å². The summed E-state index contributed by atoms with van der Waals surface area (Å²) in [4.78, 5) is 0. The Morgan fingerprint density at radius 1 is 1.00 bits per heavy atom. The van der Waals surface area contributed by atoms with Crippen molar-refractivity contribution >= 4 is 21.6 Å². The zero-order valence-corrected chi connectivity index (χ0v) is 15.4. The van der Waals surface area contributed by atoms with Gasteiger partial charge in [-0.05, 0) is 49.9 Å². The second-order valence-corrected chi connectivity index (χ2v) is 7.20. The van der Waals surface area contributed by atoms with Crippen LogP contribution in [0.3, 0.4) is 0 Å². The molecular weight excluding hydrogens is 346 g/mol. The third-order valence-corrected chi connectivity index (χ3v) is 5.14.